The predicted octanol–water partition coefficient (Wildman–Crippen LogP) is 3.77. The van der Waals surface area contributed by atoms with Crippen LogP contribution in [0.25, 0.3) is 0 Å². The van der Waals surface area contributed by atoms with E-state index in [0.29, 0.717) is 12.0 Å². The average molecular weight is 272 g/mol. The van der Waals surface area contributed by atoms with Gasteiger partial charge in [0.05, 0.1) is 17.8 Å². The summed E-state index contributed by atoms with van der Waals surface area (Å²) in [7, 11) is 0. The lowest BCUT2D eigenvalue weighted by Gasteiger charge is -2.25. The second kappa shape index (κ2) is 4.85. The van der Waals surface area contributed by atoms with Gasteiger partial charge < -0.3 is 9.84 Å². The molecule has 0 amide bonds. The monoisotopic (exact) mass is 272 g/mol. The first kappa shape index (κ1) is 12.8. The Morgan fingerprint density at radius 2 is 1.95 bits per heavy atom. The Labute approximate surface area is 121 Å². The van der Waals surface area contributed by atoms with Crippen molar-refractivity contribution in [3.8, 4) is 0 Å². The molecule has 20 heavy (non-hydrogen) atoms. The molecule has 1 N–H and O–H groups in total. The molecule has 3 aliphatic rings. The number of fused-ring (bicyclic) bond motifs is 1. The summed E-state index contributed by atoms with van der Waals surface area (Å²) in [5.74, 6) is 0.356. The summed E-state index contributed by atoms with van der Waals surface area (Å²) in [6, 6.07) is 8.35. The molecule has 108 valence electrons. The Kier molecular flexibility index (Phi) is 3.12. The van der Waals surface area contributed by atoms with Crippen LogP contribution >= 0.6 is 0 Å². The number of benzene rings is 1. The average Bonchev–Trinajstić information content (AvgIpc) is 3.15. The van der Waals surface area contributed by atoms with Crippen LogP contribution in [0.2, 0.25) is 0 Å². The summed E-state index contributed by atoms with van der Waals surface area (Å²) < 4.78 is 6.41. The Bertz CT molecular complexity index is 490. The van der Waals surface area contributed by atoms with Crippen molar-refractivity contribution in [1.82, 2.24) is 0 Å². The van der Waals surface area contributed by atoms with Crippen LogP contribution in [0.3, 0.4) is 0 Å². The lowest BCUT2D eigenvalue weighted by Crippen LogP contribution is -2.26. The summed E-state index contributed by atoms with van der Waals surface area (Å²) in [6.45, 7) is 0. The fraction of sp³-hybridized carbons (Fsp3) is 0.667. The normalized spacial score (nSPS) is 34.8. The quantitative estimate of drug-likeness (QED) is 0.888. The van der Waals surface area contributed by atoms with E-state index in [4.69, 9.17) is 4.74 Å². The van der Waals surface area contributed by atoms with Crippen molar-refractivity contribution >= 4 is 0 Å². The molecule has 1 saturated heterocycles. The molecule has 1 saturated carbocycles. The van der Waals surface area contributed by atoms with Crippen LogP contribution in [0, 0.1) is 5.92 Å². The van der Waals surface area contributed by atoms with Gasteiger partial charge >= 0.3 is 0 Å². The zero-order valence-corrected chi connectivity index (χ0v) is 12.1. The van der Waals surface area contributed by atoms with Gasteiger partial charge in [-0.1, -0.05) is 37.1 Å². The molecule has 0 radical (unpaired) electrons. The van der Waals surface area contributed by atoms with Gasteiger partial charge in [-0.05, 0) is 55.6 Å². The summed E-state index contributed by atoms with van der Waals surface area (Å²) in [5.41, 5.74) is 2.70. The summed E-state index contributed by atoms with van der Waals surface area (Å²) in [6.07, 6.45) is 9.77. The van der Waals surface area contributed by atoms with Crippen molar-refractivity contribution in [3.63, 3.8) is 0 Å². The van der Waals surface area contributed by atoms with Crippen LogP contribution in [0.5, 0.6) is 0 Å². The highest BCUT2D eigenvalue weighted by molar-refractivity contribution is 5.34. The maximum Gasteiger partial charge on any atom is 0.0825 e. The Morgan fingerprint density at radius 1 is 1.15 bits per heavy atom. The highest BCUT2D eigenvalue weighted by Gasteiger charge is 2.43. The fourth-order valence-electron chi connectivity index (χ4n) is 4.66. The first-order valence-electron chi connectivity index (χ1n) is 8.19. The molecule has 2 nitrogen and oxygen atoms in total. The number of aliphatic hydroxyl groups excluding tert-OH is 1. The molecule has 1 aromatic carbocycles. The van der Waals surface area contributed by atoms with Gasteiger partial charge in [0.2, 0.25) is 0 Å². The van der Waals surface area contributed by atoms with Crippen molar-refractivity contribution in [2.75, 3.05) is 0 Å². The lowest BCUT2D eigenvalue weighted by atomic mass is 9.93. The number of ether oxygens (including phenoxy) is 1. The first-order chi connectivity index (χ1) is 9.76. The Hall–Kier alpha value is -0.860. The van der Waals surface area contributed by atoms with E-state index in [1.54, 1.807) is 0 Å². The maximum atomic E-state index is 10.5. The number of hydrogen-bond donors (Lipinski definition) is 1. The summed E-state index contributed by atoms with van der Waals surface area (Å²) in [4.78, 5) is 0. The molecule has 3 atom stereocenters. The van der Waals surface area contributed by atoms with Gasteiger partial charge in [0.25, 0.3) is 0 Å². The Morgan fingerprint density at radius 3 is 2.75 bits per heavy atom. The van der Waals surface area contributed by atoms with E-state index in [1.807, 2.05) is 6.07 Å². The largest absolute Gasteiger partial charge is 0.388 e. The van der Waals surface area contributed by atoms with E-state index in [-0.39, 0.29) is 11.7 Å². The SMILES string of the molecule is OC1c2ccccc2CC1CC1CCC2(CCCC2)O1. The van der Waals surface area contributed by atoms with Gasteiger partial charge in [0.15, 0.2) is 0 Å². The third-order valence-corrected chi connectivity index (χ3v) is 5.72. The molecule has 0 aromatic heterocycles. The number of aliphatic hydroxyl groups is 1. The van der Waals surface area contributed by atoms with Crippen molar-refractivity contribution < 1.29 is 9.84 Å². The van der Waals surface area contributed by atoms with Crippen molar-refractivity contribution in [3.05, 3.63) is 35.4 Å². The van der Waals surface area contributed by atoms with E-state index in [9.17, 15) is 5.11 Å². The molecule has 2 aliphatic carbocycles. The minimum atomic E-state index is -0.282. The molecule has 4 rings (SSSR count). The minimum absolute atomic E-state index is 0.223. The van der Waals surface area contributed by atoms with Crippen LogP contribution in [-0.4, -0.2) is 16.8 Å². The standard InChI is InChI=1S/C18H24O2/c19-17-14(11-13-5-1-2-6-16(13)17)12-15-7-10-18(20-15)8-3-4-9-18/h1-2,5-6,14-15,17,19H,3-4,7-12H2. The molecular weight excluding hydrogens is 248 g/mol. The van der Waals surface area contributed by atoms with Crippen molar-refractivity contribution in [2.45, 2.75) is 69.2 Å². The zero-order valence-electron chi connectivity index (χ0n) is 12.1. The molecule has 0 bridgehead atoms. The lowest BCUT2D eigenvalue weighted by molar-refractivity contribution is -0.0508. The van der Waals surface area contributed by atoms with Crippen molar-refractivity contribution in [2.24, 2.45) is 5.92 Å². The molecule has 1 aromatic rings. The predicted molar refractivity (Wildman–Crippen MR) is 78.5 cm³/mol. The zero-order chi connectivity index (χ0) is 13.6. The van der Waals surface area contributed by atoms with Gasteiger partial charge in [0, 0.05) is 0 Å². The van der Waals surface area contributed by atoms with Crippen LogP contribution < -0.4 is 0 Å². The van der Waals surface area contributed by atoms with E-state index in [0.717, 1.165) is 18.4 Å². The van der Waals surface area contributed by atoms with E-state index >= 15 is 0 Å². The third kappa shape index (κ3) is 2.10. The molecule has 1 heterocycles. The highest BCUT2D eigenvalue weighted by atomic mass is 16.5. The second-order valence-electron chi connectivity index (χ2n) is 7.01. The number of hydrogen-bond acceptors (Lipinski definition) is 2. The van der Waals surface area contributed by atoms with Crippen LogP contribution in [0.4, 0.5) is 0 Å². The molecule has 1 spiro atoms. The number of rotatable bonds is 2. The second-order valence-corrected chi connectivity index (χ2v) is 7.01. The first-order valence-corrected chi connectivity index (χ1v) is 8.19. The van der Waals surface area contributed by atoms with E-state index in [2.05, 4.69) is 18.2 Å². The maximum absolute atomic E-state index is 10.5. The van der Waals surface area contributed by atoms with E-state index < -0.39 is 0 Å². The Balaban J connectivity index is 1.42. The van der Waals surface area contributed by atoms with Gasteiger partial charge in [-0.15, -0.1) is 0 Å². The summed E-state index contributed by atoms with van der Waals surface area (Å²) >= 11 is 0. The van der Waals surface area contributed by atoms with Gasteiger partial charge in [-0.2, -0.15) is 0 Å². The topological polar surface area (TPSA) is 29.5 Å². The van der Waals surface area contributed by atoms with Gasteiger partial charge in [-0.25, -0.2) is 0 Å². The molecule has 3 unspecified atom stereocenters. The fourth-order valence-corrected chi connectivity index (χ4v) is 4.66. The molecule has 1 aliphatic heterocycles. The van der Waals surface area contributed by atoms with Gasteiger partial charge in [-0.3, -0.25) is 0 Å². The molecule has 2 fully saturated rings. The molecular formula is C18H24O2. The van der Waals surface area contributed by atoms with Gasteiger partial charge in [0.1, 0.15) is 0 Å². The third-order valence-electron chi connectivity index (χ3n) is 5.72. The van der Waals surface area contributed by atoms with Crippen LogP contribution in [0.1, 0.15) is 62.2 Å². The van der Waals surface area contributed by atoms with Crippen molar-refractivity contribution in [1.29, 1.82) is 0 Å². The minimum Gasteiger partial charge on any atom is -0.388 e. The van der Waals surface area contributed by atoms with Crippen LogP contribution in [-0.2, 0) is 11.2 Å². The van der Waals surface area contributed by atoms with Crippen LogP contribution in [0.15, 0.2) is 24.3 Å². The highest BCUT2D eigenvalue weighted by Crippen LogP contribution is 2.46. The molecule has 2 heteroatoms. The van der Waals surface area contributed by atoms with E-state index in [1.165, 1.54) is 44.1 Å². The summed E-state index contributed by atoms with van der Waals surface area (Å²) in [5, 5.41) is 10.5. The smallest absolute Gasteiger partial charge is 0.0825 e.